The van der Waals surface area contributed by atoms with Gasteiger partial charge in [-0.25, -0.2) is 0 Å². The van der Waals surface area contributed by atoms with Crippen LogP contribution in [0.15, 0.2) is 24.3 Å². The van der Waals surface area contributed by atoms with Crippen molar-refractivity contribution in [1.29, 1.82) is 0 Å². The first-order valence-electron chi connectivity index (χ1n) is 3.89. The SMILES string of the molecule is C1=CCCCCOCC=C1. The second kappa shape index (κ2) is 5.24. The van der Waals surface area contributed by atoms with Crippen molar-refractivity contribution in [2.75, 3.05) is 13.2 Å². The molecule has 0 spiro atoms. The molecular weight excluding hydrogens is 124 g/mol. The molecule has 0 saturated heterocycles. The van der Waals surface area contributed by atoms with Gasteiger partial charge in [0.05, 0.1) is 6.61 Å². The van der Waals surface area contributed by atoms with Crippen molar-refractivity contribution < 1.29 is 4.74 Å². The summed E-state index contributed by atoms with van der Waals surface area (Å²) in [5.74, 6) is 0. The Labute approximate surface area is 62.4 Å². The molecule has 0 aliphatic carbocycles. The van der Waals surface area contributed by atoms with Crippen LogP contribution in [0, 0.1) is 0 Å². The molecule has 1 heterocycles. The molecule has 0 aromatic rings. The van der Waals surface area contributed by atoms with Crippen molar-refractivity contribution in [2.24, 2.45) is 0 Å². The van der Waals surface area contributed by atoms with Crippen molar-refractivity contribution in [3.8, 4) is 0 Å². The summed E-state index contributed by atoms with van der Waals surface area (Å²) in [6.07, 6.45) is 12.0. The molecule has 0 bridgehead atoms. The predicted molar refractivity (Wildman–Crippen MR) is 43.0 cm³/mol. The molecule has 1 heteroatoms. The lowest BCUT2D eigenvalue weighted by Crippen LogP contribution is -1.94. The first kappa shape index (κ1) is 7.55. The van der Waals surface area contributed by atoms with Gasteiger partial charge in [-0.05, 0) is 19.3 Å². The van der Waals surface area contributed by atoms with E-state index in [0.717, 1.165) is 13.2 Å². The molecule has 10 heavy (non-hydrogen) atoms. The van der Waals surface area contributed by atoms with Gasteiger partial charge in [-0.15, -0.1) is 0 Å². The van der Waals surface area contributed by atoms with Gasteiger partial charge in [0.2, 0.25) is 0 Å². The largest absolute Gasteiger partial charge is 0.377 e. The number of rotatable bonds is 0. The van der Waals surface area contributed by atoms with E-state index in [1.54, 1.807) is 0 Å². The van der Waals surface area contributed by atoms with E-state index in [0.29, 0.717) is 0 Å². The van der Waals surface area contributed by atoms with Crippen LogP contribution in [0.3, 0.4) is 0 Å². The number of hydrogen-bond donors (Lipinski definition) is 0. The van der Waals surface area contributed by atoms with Crippen LogP contribution in [-0.2, 0) is 4.74 Å². The normalized spacial score (nSPS) is 20.8. The highest BCUT2D eigenvalue weighted by atomic mass is 16.5. The third-order valence-corrected chi connectivity index (χ3v) is 1.51. The van der Waals surface area contributed by atoms with Crippen molar-refractivity contribution in [1.82, 2.24) is 0 Å². The minimum absolute atomic E-state index is 0.768. The van der Waals surface area contributed by atoms with E-state index in [9.17, 15) is 0 Å². The van der Waals surface area contributed by atoms with E-state index in [2.05, 4.69) is 12.2 Å². The Morgan fingerprint density at radius 1 is 1.00 bits per heavy atom. The molecule has 0 saturated carbocycles. The highest BCUT2D eigenvalue weighted by Crippen LogP contribution is 1.99. The maximum absolute atomic E-state index is 5.29. The third-order valence-electron chi connectivity index (χ3n) is 1.51. The smallest absolute Gasteiger partial charge is 0.0650 e. The Bertz CT molecular complexity index is 109. The van der Waals surface area contributed by atoms with Gasteiger partial charge < -0.3 is 4.74 Å². The van der Waals surface area contributed by atoms with Crippen LogP contribution in [-0.4, -0.2) is 13.2 Å². The molecule has 0 atom stereocenters. The molecule has 0 fully saturated rings. The molecule has 1 aliphatic rings. The van der Waals surface area contributed by atoms with Gasteiger partial charge in [0.1, 0.15) is 0 Å². The van der Waals surface area contributed by atoms with Gasteiger partial charge in [0, 0.05) is 6.61 Å². The monoisotopic (exact) mass is 138 g/mol. The lowest BCUT2D eigenvalue weighted by atomic mass is 10.2. The summed E-state index contributed by atoms with van der Waals surface area (Å²) in [6, 6.07) is 0. The van der Waals surface area contributed by atoms with Crippen LogP contribution in [0.4, 0.5) is 0 Å². The van der Waals surface area contributed by atoms with Gasteiger partial charge in [0.15, 0.2) is 0 Å². The zero-order chi connectivity index (χ0) is 7.07. The van der Waals surface area contributed by atoms with Crippen LogP contribution >= 0.6 is 0 Å². The summed E-state index contributed by atoms with van der Waals surface area (Å²) in [7, 11) is 0. The maximum Gasteiger partial charge on any atom is 0.0650 e. The second-order valence-corrected chi connectivity index (χ2v) is 2.43. The minimum Gasteiger partial charge on any atom is -0.377 e. The summed E-state index contributed by atoms with van der Waals surface area (Å²) in [4.78, 5) is 0. The van der Waals surface area contributed by atoms with Crippen LogP contribution in [0.5, 0.6) is 0 Å². The molecule has 56 valence electrons. The Hall–Kier alpha value is -0.560. The number of hydrogen-bond acceptors (Lipinski definition) is 1. The van der Waals surface area contributed by atoms with E-state index >= 15 is 0 Å². The Morgan fingerprint density at radius 3 is 2.90 bits per heavy atom. The summed E-state index contributed by atoms with van der Waals surface area (Å²) in [6.45, 7) is 1.68. The average molecular weight is 138 g/mol. The van der Waals surface area contributed by atoms with Gasteiger partial charge in [0.25, 0.3) is 0 Å². The summed E-state index contributed by atoms with van der Waals surface area (Å²) >= 11 is 0. The summed E-state index contributed by atoms with van der Waals surface area (Å²) in [5.41, 5.74) is 0. The topological polar surface area (TPSA) is 9.23 Å². The predicted octanol–water partition coefficient (Wildman–Crippen LogP) is 2.30. The van der Waals surface area contributed by atoms with Gasteiger partial charge in [-0.1, -0.05) is 24.3 Å². The van der Waals surface area contributed by atoms with E-state index < -0.39 is 0 Å². The van der Waals surface area contributed by atoms with Crippen molar-refractivity contribution in [3.63, 3.8) is 0 Å². The third kappa shape index (κ3) is 3.46. The first-order chi connectivity index (χ1) is 5.00. The fourth-order valence-electron chi connectivity index (χ4n) is 0.927. The standard InChI is InChI=1S/C9H14O/c1-2-4-6-8-10-9-7-5-3-1/h1-2,4,6H,3,5,7-9H2. The fraction of sp³-hybridized carbons (Fsp3) is 0.556. The summed E-state index contributed by atoms with van der Waals surface area (Å²) < 4.78 is 5.29. The first-order valence-corrected chi connectivity index (χ1v) is 3.89. The molecule has 0 aromatic heterocycles. The summed E-state index contributed by atoms with van der Waals surface area (Å²) in [5, 5.41) is 0. The Kier molecular flexibility index (Phi) is 3.96. The van der Waals surface area contributed by atoms with Gasteiger partial charge in [-0.3, -0.25) is 0 Å². The van der Waals surface area contributed by atoms with Crippen LogP contribution < -0.4 is 0 Å². The van der Waals surface area contributed by atoms with E-state index in [4.69, 9.17) is 4.74 Å². The molecule has 0 N–H and O–H groups in total. The molecule has 1 aliphatic heterocycles. The zero-order valence-electron chi connectivity index (χ0n) is 6.25. The lowest BCUT2D eigenvalue weighted by Gasteiger charge is -2.00. The molecular formula is C9H14O. The molecule has 0 radical (unpaired) electrons. The fourth-order valence-corrected chi connectivity index (χ4v) is 0.927. The second-order valence-electron chi connectivity index (χ2n) is 2.43. The zero-order valence-corrected chi connectivity index (χ0v) is 6.25. The average Bonchev–Trinajstić information content (AvgIpc) is 2.01. The molecule has 1 nitrogen and oxygen atoms in total. The van der Waals surface area contributed by atoms with Gasteiger partial charge in [-0.2, -0.15) is 0 Å². The highest BCUT2D eigenvalue weighted by Gasteiger charge is 1.87. The molecule has 0 aromatic carbocycles. The van der Waals surface area contributed by atoms with Crippen LogP contribution in [0.25, 0.3) is 0 Å². The molecule has 0 amide bonds. The van der Waals surface area contributed by atoms with E-state index in [-0.39, 0.29) is 0 Å². The molecule has 0 unspecified atom stereocenters. The van der Waals surface area contributed by atoms with Crippen molar-refractivity contribution in [2.45, 2.75) is 19.3 Å². The Balaban J connectivity index is 2.26. The van der Waals surface area contributed by atoms with E-state index in [1.165, 1.54) is 19.3 Å². The molecule has 1 rings (SSSR count). The quantitative estimate of drug-likeness (QED) is 0.499. The minimum atomic E-state index is 0.768. The maximum atomic E-state index is 5.29. The van der Waals surface area contributed by atoms with Crippen molar-refractivity contribution in [3.05, 3.63) is 24.3 Å². The lowest BCUT2D eigenvalue weighted by molar-refractivity contribution is 0.158. The number of allylic oxidation sites excluding steroid dienone is 3. The van der Waals surface area contributed by atoms with Crippen LogP contribution in [0.2, 0.25) is 0 Å². The van der Waals surface area contributed by atoms with Crippen molar-refractivity contribution >= 4 is 0 Å². The Morgan fingerprint density at radius 2 is 1.90 bits per heavy atom. The van der Waals surface area contributed by atoms with E-state index in [1.807, 2.05) is 12.2 Å². The van der Waals surface area contributed by atoms with Crippen LogP contribution in [0.1, 0.15) is 19.3 Å². The number of ether oxygens (including phenoxy) is 1. The highest BCUT2D eigenvalue weighted by molar-refractivity contribution is 5.02. The van der Waals surface area contributed by atoms with Gasteiger partial charge >= 0.3 is 0 Å².